The lowest BCUT2D eigenvalue weighted by atomic mass is 9.88. The molecule has 3 N–H and O–H groups in total. The van der Waals surface area contributed by atoms with Crippen LogP contribution in [0, 0.1) is 28.3 Å². The van der Waals surface area contributed by atoms with Gasteiger partial charge in [0.2, 0.25) is 0 Å². The number of hydrogen-bond donors (Lipinski definition) is 2. The number of nitro benzene ring substituents is 1. The van der Waals surface area contributed by atoms with Crippen molar-refractivity contribution < 1.29 is 19.3 Å². The van der Waals surface area contributed by atoms with Crippen LogP contribution >= 0.6 is 0 Å². The minimum atomic E-state index is -0.797. The molecule has 0 atom stereocenters. The molecule has 0 aromatic heterocycles. The summed E-state index contributed by atoms with van der Waals surface area (Å²) in [5.41, 5.74) is 4.94. The van der Waals surface area contributed by atoms with Crippen LogP contribution in [0.4, 0.5) is 10.1 Å². The van der Waals surface area contributed by atoms with Gasteiger partial charge in [-0.25, -0.2) is 4.39 Å². The normalized spacial score (nSPS) is 12.3. The summed E-state index contributed by atoms with van der Waals surface area (Å²) in [6.07, 6.45) is 0.387. The zero-order valence-corrected chi connectivity index (χ0v) is 12.1. The fourth-order valence-corrected chi connectivity index (χ4v) is 1.63. The van der Waals surface area contributed by atoms with E-state index in [9.17, 15) is 14.5 Å². The number of aryl methyl sites for hydroxylation is 1. The molecule has 0 aliphatic heterocycles. The van der Waals surface area contributed by atoms with Gasteiger partial charge in [-0.15, -0.1) is 0 Å². The summed E-state index contributed by atoms with van der Waals surface area (Å²) in [5, 5.41) is 22.3. The van der Waals surface area contributed by atoms with Crippen LogP contribution in [0.25, 0.3) is 0 Å². The third-order valence-electron chi connectivity index (χ3n) is 3.23. The molecule has 0 saturated heterocycles. The SMILES string of the molecule is Cc1cc(OCCC(C)(C)/C(N)=N/O)c(F)cc1[N+](=O)[O-]. The van der Waals surface area contributed by atoms with Gasteiger partial charge in [0.05, 0.1) is 17.6 Å². The monoisotopic (exact) mass is 299 g/mol. The second kappa shape index (κ2) is 6.38. The van der Waals surface area contributed by atoms with E-state index < -0.39 is 16.2 Å². The number of benzene rings is 1. The summed E-state index contributed by atoms with van der Waals surface area (Å²) in [6, 6.07) is 2.11. The number of oxime groups is 1. The maximum atomic E-state index is 13.7. The maximum absolute atomic E-state index is 13.7. The Balaban J connectivity index is 2.78. The molecule has 0 radical (unpaired) electrons. The molecule has 7 nitrogen and oxygen atoms in total. The van der Waals surface area contributed by atoms with Crippen molar-refractivity contribution in [3.05, 3.63) is 33.6 Å². The Kier molecular flexibility index (Phi) is 5.07. The lowest BCUT2D eigenvalue weighted by Crippen LogP contribution is -2.33. The quantitative estimate of drug-likeness (QED) is 0.276. The lowest BCUT2D eigenvalue weighted by molar-refractivity contribution is -0.385. The molecule has 0 amide bonds. The molecule has 8 heteroatoms. The smallest absolute Gasteiger partial charge is 0.275 e. The van der Waals surface area contributed by atoms with Gasteiger partial charge in [0.1, 0.15) is 5.84 Å². The standard InChI is InChI=1S/C13H18FN3O4/c1-8-6-11(9(14)7-10(8)17(19)20)21-5-4-13(2,3)12(15)16-18/h6-7,18H,4-5H2,1-3H3,(H2,15,16). The molecular weight excluding hydrogens is 281 g/mol. The summed E-state index contributed by atoms with van der Waals surface area (Å²) in [6.45, 7) is 5.13. The minimum Gasteiger partial charge on any atom is -0.490 e. The Morgan fingerprint density at radius 2 is 2.19 bits per heavy atom. The van der Waals surface area contributed by atoms with Crippen LogP contribution < -0.4 is 10.5 Å². The zero-order chi connectivity index (χ0) is 16.2. The van der Waals surface area contributed by atoms with Gasteiger partial charge in [-0.3, -0.25) is 10.1 Å². The van der Waals surface area contributed by atoms with E-state index in [-0.39, 0.29) is 23.9 Å². The average Bonchev–Trinajstić information content (AvgIpc) is 2.40. The van der Waals surface area contributed by atoms with Crippen LogP contribution in [0.3, 0.4) is 0 Å². The highest BCUT2D eigenvalue weighted by atomic mass is 19.1. The summed E-state index contributed by atoms with van der Waals surface area (Å²) in [7, 11) is 0. The molecule has 1 aromatic rings. The predicted molar refractivity (Wildman–Crippen MR) is 75.1 cm³/mol. The van der Waals surface area contributed by atoms with E-state index in [0.29, 0.717) is 12.0 Å². The molecule has 1 aromatic carbocycles. The van der Waals surface area contributed by atoms with Gasteiger partial charge in [-0.2, -0.15) is 0 Å². The van der Waals surface area contributed by atoms with Gasteiger partial charge in [0, 0.05) is 11.0 Å². The third-order valence-corrected chi connectivity index (χ3v) is 3.23. The summed E-state index contributed by atoms with van der Waals surface area (Å²) < 4.78 is 19.0. The van der Waals surface area contributed by atoms with E-state index in [1.165, 1.54) is 13.0 Å². The first-order chi connectivity index (χ1) is 9.69. The van der Waals surface area contributed by atoms with Crippen LogP contribution in [0.15, 0.2) is 17.3 Å². The zero-order valence-electron chi connectivity index (χ0n) is 12.1. The second-order valence-electron chi connectivity index (χ2n) is 5.29. The van der Waals surface area contributed by atoms with E-state index in [1.54, 1.807) is 13.8 Å². The number of ether oxygens (including phenoxy) is 1. The van der Waals surface area contributed by atoms with Crippen LogP contribution in [0.5, 0.6) is 5.75 Å². The van der Waals surface area contributed by atoms with E-state index in [1.807, 2.05) is 0 Å². The number of nitrogens with two attached hydrogens (primary N) is 1. The average molecular weight is 299 g/mol. The molecular formula is C13H18FN3O4. The van der Waals surface area contributed by atoms with Gasteiger partial charge >= 0.3 is 0 Å². The van der Waals surface area contributed by atoms with Crippen molar-refractivity contribution >= 4 is 11.5 Å². The van der Waals surface area contributed by atoms with Gasteiger partial charge in [0.25, 0.3) is 5.69 Å². The maximum Gasteiger partial charge on any atom is 0.275 e. The molecule has 0 unspecified atom stereocenters. The summed E-state index contributed by atoms with van der Waals surface area (Å²) in [5.74, 6) is -0.811. The van der Waals surface area contributed by atoms with Gasteiger partial charge in [0.15, 0.2) is 11.6 Å². The number of hydrogen-bond acceptors (Lipinski definition) is 5. The predicted octanol–water partition coefficient (Wildman–Crippen LogP) is 2.58. The van der Waals surface area contributed by atoms with Gasteiger partial charge in [-0.05, 0) is 19.4 Å². The molecule has 0 bridgehead atoms. The first kappa shape index (κ1) is 16.7. The number of nitrogens with zero attached hydrogens (tertiary/aromatic N) is 2. The van der Waals surface area contributed by atoms with Crippen molar-refractivity contribution in [3.8, 4) is 5.75 Å². The lowest BCUT2D eigenvalue weighted by Gasteiger charge is -2.22. The minimum absolute atomic E-state index is 0.0476. The van der Waals surface area contributed by atoms with Gasteiger partial charge < -0.3 is 15.7 Å². The molecule has 116 valence electrons. The topological polar surface area (TPSA) is 111 Å². The first-order valence-corrected chi connectivity index (χ1v) is 6.24. The highest BCUT2D eigenvalue weighted by Crippen LogP contribution is 2.28. The Hall–Kier alpha value is -2.38. The molecule has 21 heavy (non-hydrogen) atoms. The molecule has 0 spiro atoms. The van der Waals surface area contributed by atoms with E-state index in [0.717, 1.165) is 6.07 Å². The van der Waals surface area contributed by atoms with Crippen molar-refractivity contribution in [2.45, 2.75) is 27.2 Å². The first-order valence-electron chi connectivity index (χ1n) is 6.24. The largest absolute Gasteiger partial charge is 0.490 e. The van der Waals surface area contributed by atoms with Crippen molar-refractivity contribution in [2.75, 3.05) is 6.61 Å². The molecule has 1 rings (SSSR count). The Bertz CT molecular complexity index is 573. The third kappa shape index (κ3) is 4.04. The molecule has 0 aliphatic carbocycles. The van der Waals surface area contributed by atoms with E-state index in [4.69, 9.17) is 15.7 Å². The molecule has 0 aliphatic rings. The van der Waals surface area contributed by atoms with E-state index >= 15 is 0 Å². The second-order valence-corrected chi connectivity index (χ2v) is 5.29. The number of rotatable bonds is 6. The highest BCUT2D eigenvalue weighted by Gasteiger charge is 2.24. The van der Waals surface area contributed by atoms with Crippen LogP contribution in [0.2, 0.25) is 0 Å². The Morgan fingerprint density at radius 3 is 2.71 bits per heavy atom. The fraction of sp³-hybridized carbons (Fsp3) is 0.462. The Morgan fingerprint density at radius 1 is 1.57 bits per heavy atom. The van der Waals surface area contributed by atoms with Crippen molar-refractivity contribution in [3.63, 3.8) is 0 Å². The van der Waals surface area contributed by atoms with Gasteiger partial charge in [-0.1, -0.05) is 19.0 Å². The van der Waals surface area contributed by atoms with Crippen molar-refractivity contribution in [1.29, 1.82) is 0 Å². The van der Waals surface area contributed by atoms with Crippen LogP contribution in [-0.4, -0.2) is 22.6 Å². The highest BCUT2D eigenvalue weighted by molar-refractivity contribution is 5.85. The van der Waals surface area contributed by atoms with Crippen molar-refractivity contribution in [1.82, 2.24) is 0 Å². The number of nitro groups is 1. The fourth-order valence-electron chi connectivity index (χ4n) is 1.63. The summed E-state index contributed by atoms with van der Waals surface area (Å²) in [4.78, 5) is 10.0. The van der Waals surface area contributed by atoms with Crippen LogP contribution in [-0.2, 0) is 0 Å². The van der Waals surface area contributed by atoms with Crippen LogP contribution in [0.1, 0.15) is 25.8 Å². The summed E-state index contributed by atoms with van der Waals surface area (Å²) >= 11 is 0. The Labute approximate surface area is 121 Å². The molecule has 0 saturated carbocycles. The van der Waals surface area contributed by atoms with E-state index in [2.05, 4.69) is 5.16 Å². The van der Waals surface area contributed by atoms with Crippen molar-refractivity contribution in [2.24, 2.45) is 16.3 Å². The number of halogens is 1. The molecule has 0 heterocycles. The number of amidine groups is 1. The molecule has 0 fully saturated rings.